The molecule has 2 rings (SSSR count). The summed E-state index contributed by atoms with van der Waals surface area (Å²) in [6, 6.07) is 15.3. The highest BCUT2D eigenvalue weighted by atomic mass is 14.9. The minimum Gasteiger partial charge on any atom is -0.384 e. The Morgan fingerprint density at radius 1 is 1.00 bits per heavy atom. The van der Waals surface area contributed by atoms with Crippen LogP contribution in [-0.4, -0.2) is 11.2 Å². The van der Waals surface area contributed by atoms with Gasteiger partial charge >= 0.3 is 0 Å². The van der Waals surface area contributed by atoms with Crippen LogP contribution in [0.2, 0.25) is 0 Å². The zero-order valence-corrected chi connectivity index (χ0v) is 8.17. The van der Waals surface area contributed by atoms with Crippen LogP contribution in [0.3, 0.4) is 0 Å². The summed E-state index contributed by atoms with van der Waals surface area (Å²) in [4.78, 5) is 8.29. The van der Waals surface area contributed by atoms with Crippen LogP contribution in [-0.2, 0) is 0 Å². The predicted molar refractivity (Wildman–Crippen MR) is 62.3 cm³/mol. The van der Waals surface area contributed by atoms with Crippen molar-refractivity contribution < 1.29 is 0 Å². The average Bonchev–Trinajstić information content (AvgIpc) is 2.28. The van der Waals surface area contributed by atoms with Gasteiger partial charge in [-0.25, -0.2) is 9.98 Å². The number of aromatic nitrogens is 1. The highest BCUT2D eigenvalue weighted by molar-refractivity contribution is 5.81. The molecule has 0 saturated carbocycles. The Morgan fingerprint density at radius 3 is 2.53 bits per heavy atom. The molecule has 74 valence electrons. The molecule has 0 spiro atoms. The van der Waals surface area contributed by atoms with Crippen molar-refractivity contribution in [3.8, 4) is 0 Å². The monoisotopic (exact) mass is 197 g/mol. The number of rotatable bonds is 2. The fraction of sp³-hybridized carbons (Fsp3) is 0. The first-order chi connectivity index (χ1) is 7.34. The van der Waals surface area contributed by atoms with E-state index in [0.717, 1.165) is 5.56 Å². The molecule has 1 aromatic carbocycles. The van der Waals surface area contributed by atoms with E-state index in [1.54, 1.807) is 12.3 Å². The molecular weight excluding hydrogens is 186 g/mol. The van der Waals surface area contributed by atoms with E-state index >= 15 is 0 Å². The fourth-order valence-electron chi connectivity index (χ4n) is 1.19. The molecule has 2 aromatic rings. The molecule has 1 heterocycles. The number of nitrogens with zero attached hydrogens (tertiary/aromatic N) is 2. The zero-order valence-electron chi connectivity index (χ0n) is 8.17. The van der Waals surface area contributed by atoms with Gasteiger partial charge in [0.2, 0.25) is 0 Å². The van der Waals surface area contributed by atoms with Gasteiger partial charge < -0.3 is 5.73 Å². The van der Waals surface area contributed by atoms with Gasteiger partial charge in [-0.1, -0.05) is 36.4 Å². The normalized spacial score (nSPS) is 10.7. The number of hydrogen-bond donors (Lipinski definition) is 1. The van der Waals surface area contributed by atoms with Gasteiger partial charge in [-0.3, -0.25) is 0 Å². The summed E-state index contributed by atoms with van der Waals surface area (Å²) in [5, 5.41) is 0. The molecular formula is C12H11N3. The Hall–Kier alpha value is -2.16. The predicted octanol–water partition coefficient (Wildman–Crippen LogP) is 2.41. The first-order valence-electron chi connectivity index (χ1n) is 4.66. The lowest BCUT2D eigenvalue weighted by molar-refractivity contribution is 1.29. The molecule has 3 heteroatoms. The van der Waals surface area contributed by atoms with Gasteiger partial charge in [0.05, 0.1) is 0 Å². The first kappa shape index (κ1) is 9.40. The lowest BCUT2D eigenvalue weighted by Gasteiger charge is -1.94. The fourth-order valence-corrected chi connectivity index (χ4v) is 1.19. The second-order valence-electron chi connectivity index (χ2n) is 3.09. The topological polar surface area (TPSA) is 51.3 Å². The molecule has 0 unspecified atom stereocenters. The quantitative estimate of drug-likeness (QED) is 0.751. The van der Waals surface area contributed by atoms with Crippen LogP contribution in [0.15, 0.2) is 53.5 Å². The van der Waals surface area contributed by atoms with Crippen LogP contribution < -0.4 is 5.73 Å². The summed E-state index contributed by atoms with van der Waals surface area (Å²) < 4.78 is 0. The van der Waals surface area contributed by atoms with Gasteiger partial charge in [0, 0.05) is 6.21 Å². The summed E-state index contributed by atoms with van der Waals surface area (Å²) in [6.07, 6.45) is 1.77. The Bertz CT molecular complexity index is 463. The number of pyridine rings is 1. The van der Waals surface area contributed by atoms with Crippen LogP contribution in [0.25, 0.3) is 0 Å². The molecule has 2 N–H and O–H groups in total. The molecule has 0 radical (unpaired) electrons. The molecule has 0 aliphatic heterocycles. The SMILES string of the molecule is Nc1cccc(N=Cc2ccccc2)n1. The largest absolute Gasteiger partial charge is 0.384 e. The van der Waals surface area contributed by atoms with E-state index < -0.39 is 0 Å². The van der Waals surface area contributed by atoms with Crippen molar-refractivity contribution in [2.75, 3.05) is 5.73 Å². The number of nitrogen functional groups attached to an aromatic ring is 1. The van der Waals surface area contributed by atoms with E-state index in [-0.39, 0.29) is 0 Å². The van der Waals surface area contributed by atoms with Gasteiger partial charge in [-0.2, -0.15) is 0 Å². The van der Waals surface area contributed by atoms with Crippen molar-refractivity contribution in [1.82, 2.24) is 4.98 Å². The standard InChI is InChI=1S/C12H11N3/c13-11-7-4-8-12(15-11)14-9-10-5-2-1-3-6-10/h1-9H,(H2,13,15). The van der Waals surface area contributed by atoms with Crippen LogP contribution in [0.4, 0.5) is 11.6 Å². The molecule has 3 nitrogen and oxygen atoms in total. The zero-order chi connectivity index (χ0) is 10.5. The lowest BCUT2D eigenvalue weighted by Crippen LogP contribution is -1.88. The molecule has 0 saturated heterocycles. The van der Waals surface area contributed by atoms with Gasteiger partial charge in [-0.15, -0.1) is 0 Å². The highest BCUT2D eigenvalue weighted by Crippen LogP contribution is 2.09. The summed E-state index contributed by atoms with van der Waals surface area (Å²) in [5.41, 5.74) is 6.59. The van der Waals surface area contributed by atoms with Crippen molar-refractivity contribution in [2.45, 2.75) is 0 Å². The average molecular weight is 197 g/mol. The molecule has 0 bridgehead atoms. The number of nitrogens with two attached hydrogens (primary N) is 1. The lowest BCUT2D eigenvalue weighted by atomic mass is 10.2. The van der Waals surface area contributed by atoms with E-state index in [1.807, 2.05) is 42.5 Å². The number of benzene rings is 1. The molecule has 0 fully saturated rings. The maximum absolute atomic E-state index is 5.54. The Morgan fingerprint density at radius 2 is 1.80 bits per heavy atom. The molecule has 15 heavy (non-hydrogen) atoms. The van der Waals surface area contributed by atoms with Crippen LogP contribution in [0.5, 0.6) is 0 Å². The second-order valence-corrected chi connectivity index (χ2v) is 3.09. The van der Waals surface area contributed by atoms with E-state index in [9.17, 15) is 0 Å². The molecule has 0 aliphatic rings. The second kappa shape index (κ2) is 4.37. The van der Waals surface area contributed by atoms with E-state index in [1.165, 1.54) is 0 Å². The van der Waals surface area contributed by atoms with Crippen molar-refractivity contribution in [3.63, 3.8) is 0 Å². The third-order valence-electron chi connectivity index (χ3n) is 1.90. The van der Waals surface area contributed by atoms with Crippen LogP contribution >= 0.6 is 0 Å². The van der Waals surface area contributed by atoms with E-state index in [2.05, 4.69) is 9.98 Å². The van der Waals surface area contributed by atoms with Crippen molar-refractivity contribution in [1.29, 1.82) is 0 Å². The maximum Gasteiger partial charge on any atom is 0.154 e. The summed E-state index contributed by atoms with van der Waals surface area (Å²) in [6.45, 7) is 0. The number of anilines is 1. The van der Waals surface area contributed by atoms with Crippen LogP contribution in [0.1, 0.15) is 5.56 Å². The van der Waals surface area contributed by atoms with Gasteiger partial charge in [0.25, 0.3) is 0 Å². The van der Waals surface area contributed by atoms with Gasteiger partial charge in [0.1, 0.15) is 5.82 Å². The summed E-state index contributed by atoms with van der Waals surface area (Å²) >= 11 is 0. The van der Waals surface area contributed by atoms with Gasteiger partial charge in [-0.05, 0) is 17.7 Å². The minimum absolute atomic E-state index is 0.484. The third kappa shape index (κ3) is 2.64. The minimum atomic E-state index is 0.484. The third-order valence-corrected chi connectivity index (χ3v) is 1.90. The smallest absolute Gasteiger partial charge is 0.154 e. The molecule has 0 aliphatic carbocycles. The Kier molecular flexibility index (Phi) is 2.74. The maximum atomic E-state index is 5.54. The van der Waals surface area contributed by atoms with E-state index in [0.29, 0.717) is 11.6 Å². The Balaban J connectivity index is 2.19. The molecule has 1 aromatic heterocycles. The van der Waals surface area contributed by atoms with Crippen molar-refractivity contribution in [3.05, 3.63) is 54.1 Å². The molecule has 0 amide bonds. The van der Waals surface area contributed by atoms with Crippen molar-refractivity contribution >= 4 is 17.9 Å². The van der Waals surface area contributed by atoms with E-state index in [4.69, 9.17) is 5.73 Å². The summed E-state index contributed by atoms with van der Waals surface area (Å²) in [7, 11) is 0. The van der Waals surface area contributed by atoms with Crippen molar-refractivity contribution in [2.24, 2.45) is 4.99 Å². The number of hydrogen-bond acceptors (Lipinski definition) is 3. The summed E-state index contributed by atoms with van der Waals surface area (Å²) in [5.74, 6) is 1.11. The van der Waals surface area contributed by atoms with Crippen LogP contribution in [0, 0.1) is 0 Å². The highest BCUT2D eigenvalue weighted by Gasteiger charge is 1.90. The first-order valence-corrected chi connectivity index (χ1v) is 4.66. The number of aliphatic imine (C=N–C) groups is 1. The Labute approximate surface area is 88.3 Å². The molecule has 0 atom stereocenters. The van der Waals surface area contributed by atoms with Gasteiger partial charge in [0.15, 0.2) is 5.82 Å².